The monoisotopic (exact) mass is 546 g/mol. The maximum absolute atomic E-state index is 13.1. The lowest BCUT2D eigenvalue weighted by Crippen LogP contribution is -2.46. The summed E-state index contributed by atoms with van der Waals surface area (Å²) in [6.45, 7) is 7.23. The van der Waals surface area contributed by atoms with Crippen molar-refractivity contribution in [2.75, 3.05) is 54.6 Å². The number of para-hydroxylation sites is 1. The van der Waals surface area contributed by atoms with E-state index in [1.165, 1.54) is 17.5 Å². The lowest BCUT2D eigenvalue weighted by atomic mass is 10.2. The molecule has 0 saturated carbocycles. The van der Waals surface area contributed by atoms with Crippen LogP contribution in [0.4, 0.5) is 23.0 Å². The summed E-state index contributed by atoms with van der Waals surface area (Å²) in [6, 6.07) is 10.8. The van der Waals surface area contributed by atoms with E-state index < -0.39 is 0 Å². The van der Waals surface area contributed by atoms with Crippen molar-refractivity contribution in [1.29, 1.82) is 0 Å². The predicted octanol–water partition coefficient (Wildman–Crippen LogP) is 5.71. The Balaban J connectivity index is 1.29. The maximum atomic E-state index is 13.1. The zero-order valence-electron chi connectivity index (χ0n) is 19.7. The van der Waals surface area contributed by atoms with E-state index in [9.17, 15) is 4.79 Å². The molecule has 1 saturated heterocycles. The highest BCUT2D eigenvalue weighted by Crippen LogP contribution is 2.37. The van der Waals surface area contributed by atoms with Gasteiger partial charge in [0.2, 0.25) is 11.8 Å². The number of piperazine rings is 1. The summed E-state index contributed by atoms with van der Waals surface area (Å²) < 4.78 is 5.76. The molecule has 2 aliphatic heterocycles. The van der Waals surface area contributed by atoms with Crippen LogP contribution in [0.15, 0.2) is 42.6 Å². The smallest absolute Gasteiger partial charge is 0.268 e. The van der Waals surface area contributed by atoms with Gasteiger partial charge in [0, 0.05) is 38.1 Å². The number of anilines is 4. The first-order valence-electron chi connectivity index (χ1n) is 11.7. The molecular weight excluding hydrogens is 523 g/mol. The Morgan fingerprint density at radius 2 is 1.78 bits per heavy atom. The van der Waals surface area contributed by atoms with E-state index in [0.717, 1.165) is 44.1 Å². The minimum Gasteiger partial charge on any atom is -0.455 e. The number of carbonyl (C=O) groups is 1. The minimum absolute atomic E-state index is 0.0716. The fourth-order valence-corrected chi connectivity index (χ4v) is 5.33. The fraction of sp³-hybridized carbons (Fsp3) is 0.320. The average Bonchev–Trinajstić information content (AvgIpc) is 2.86. The van der Waals surface area contributed by atoms with E-state index in [4.69, 9.17) is 39.5 Å². The number of rotatable bonds is 6. The van der Waals surface area contributed by atoms with Crippen molar-refractivity contribution >= 4 is 63.7 Å². The molecule has 3 aromatic rings. The summed E-state index contributed by atoms with van der Waals surface area (Å²) in [5.74, 6) is 0.136. The number of carbonyl (C=O) groups excluding carboxylic acids is 1. The Labute approximate surface area is 224 Å². The van der Waals surface area contributed by atoms with Crippen LogP contribution in [0.25, 0.3) is 0 Å². The fourth-order valence-electron chi connectivity index (χ4n) is 4.42. The zero-order chi connectivity index (χ0) is 25.2. The highest BCUT2D eigenvalue weighted by Gasteiger charge is 2.31. The number of hydrogen-bond donors (Lipinski definition) is 1. The molecular formula is C25H25Cl3N6O2. The van der Waals surface area contributed by atoms with Crippen LogP contribution in [0.3, 0.4) is 0 Å². The largest absolute Gasteiger partial charge is 0.455 e. The molecule has 0 unspecified atom stereocenters. The SMILES string of the molecule is CCCN1CCN(c2ccc(Nc3ncc4c(n3)OCN(c3c(Cl)cccc3Cl)C4=O)cc2Cl)CC1. The van der Waals surface area contributed by atoms with Crippen molar-refractivity contribution in [1.82, 2.24) is 14.9 Å². The summed E-state index contributed by atoms with van der Waals surface area (Å²) in [5.41, 5.74) is 2.36. The van der Waals surface area contributed by atoms with E-state index in [1.54, 1.807) is 18.2 Å². The van der Waals surface area contributed by atoms with E-state index in [-0.39, 0.29) is 24.1 Å². The third kappa shape index (κ3) is 5.04. The van der Waals surface area contributed by atoms with E-state index in [1.807, 2.05) is 18.2 Å². The molecule has 11 heteroatoms. The number of halogens is 3. The molecule has 2 aliphatic rings. The second-order valence-electron chi connectivity index (χ2n) is 8.61. The maximum Gasteiger partial charge on any atom is 0.268 e. The molecule has 1 fully saturated rings. The number of nitrogens with zero attached hydrogens (tertiary/aromatic N) is 5. The third-order valence-corrected chi connectivity index (χ3v) is 7.14. The minimum atomic E-state index is -0.343. The molecule has 188 valence electrons. The van der Waals surface area contributed by atoms with Gasteiger partial charge in [0.25, 0.3) is 5.91 Å². The Morgan fingerprint density at radius 1 is 1.03 bits per heavy atom. The zero-order valence-corrected chi connectivity index (χ0v) is 21.9. The summed E-state index contributed by atoms with van der Waals surface area (Å²) in [6.07, 6.45) is 2.59. The normalized spacial score (nSPS) is 16.1. The van der Waals surface area contributed by atoms with Gasteiger partial charge >= 0.3 is 0 Å². The number of ether oxygens (including phenoxy) is 1. The van der Waals surface area contributed by atoms with Gasteiger partial charge < -0.3 is 15.0 Å². The third-order valence-electron chi connectivity index (χ3n) is 6.22. The topological polar surface area (TPSA) is 73.8 Å². The van der Waals surface area contributed by atoms with Gasteiger partial charge in [0.05, 0.1) is 26.4 Å². The van der Waals surface area contributed by atoms with Gasteiger partial charge in [-0.2, -0.15) is 4.98 Å². The van der Waals surface area contributed by atoms with Crippen LogP contribution >= 0.6 is 34.8 Å². The van der Waals surface area contributed by atoms with E-state index in [0.29, 0.717) is 26.7 Å². The summed E-state index contributed by atoms with van der Waals surface area (Å²) in [5, 5.41) is 4.50. The molecule has 36 heavy (non-hydrogen) atoms. The van der Waals surface area contributed by atoms with Crippen molar-refractivity contribution in [3.63, 3.8) is 0 Å². The molecule has 0 spiro atoms. The van der Waals surface area contributed by atoms with Crippen LogP contribution < -0.4 is 19.9 Å². The summed E-state index contributed by atoms with van der Waals surface area (Å²) >= 11 is 19.2. The van der Waals surface area contributed by atoms with Crippen LogP contribution in [0.5, 0.6) is 5.88 Å². The molecule has 1 aromatic heterocycles. The highest BCUT2D eigenvalue weighted by atomic mass is 35.5. The second-order valence-corrected chi connectivity index (χ2v) is 9.83. The van der Waals surface area contributed by atoms with Crippen molar-refractivity contribution < 1.29 is 9.53 Å². The lowest BCUT2D eigenvalue weighted by Gasteiger charge is -2.36. The molecule has 0 radical (unpaired) electrons. The van der Waals surface area contributed by atoms with E-state index >= 15 is 0 Å². The molecule has 3 heterocycles. The predicted molar refractivity (Wildman–Crippen MR) is 144 cm³/mol. The first-order chi connectivity index (χ1) is 17.4. The first-order valence-corrected chi connectivity index (χ1v) is 12.9. The Bertz CT molecular complexity index is 1260. The number of fused-ring (bicyclic) bond motifs is 1. The molecule has 5 rings (SSSR count). The van der Waals surface area contributed by atoms with Crippen molar-refractivity contribution in [2.45, 2.75) is 13.3 Å². The Hall–Kier alpha value is -2.78. The molecule has 1 amide bonds. The molecule has 0 atom stereocenters. The van der Waals surface area contributed by atoms with Crippen LogP contribution in [-0.2, 0) is 0 Å². The van der Waals surface area contributed by atoms with Gasteiger partial charge in [-0.3, -0.25) is 14.6 Å². The quantitative estimate of drug-likeness (QED) is 0.424. The van der Waals surface area contributed by atoms with Crippen molar-refractivity contribution in [2.24, 2.45) is 0 Å². The van der Waals surface area contributed by atoms with Crippen LogP contribution in [0.1, 0.15) is 23.7 Å². The summed E-state index contributed by atoms with van der Waals surface area (Å²) in [4.78, 5) is 27.9. The molecule has 0 bridgehead atoms. The van der Waals surface area contributed by atoms with Gasteiger partial charge in [0.15, 0.2) is 6.73 Å². The molecule has 8 nitrogen and oxygen atoms in total. The van der Waals surface area contributed by atoms with Gasteiger partial charge in [-0.05, 0) is 43.3 Å². The first kappa shape index (κ1) is 24.9. The number of benzene rings is 2. The van der Waals surface area contributed by atoms with Gasteiger partial charge in [-0.25, -0.2) is 4.98 Å². The number of hydrogen-bond acceptors (Lipinski definition) is 7. The Morgan fingerprint density at radius 3 is 2.47 bits per heavy atom. The molecule has 0 aliphatic carbocycles. The van der Waals surface area contributed by atoms with E-state index in [2.05, 4.69) is 32.0 Å². The van der Waals surface area contributed by atoms with Crippen LogP contribution in [0, 0.1) is 0 Å². The molecule has 1 N–H and O–H groups in total. The number of nitrogens with one attached hydrogen (secondary N) is 1. The van der Waals surface area contributed by atoms with Crippen molar-refractivity contribution in [3.05, 3.63) is 63.2 Å². The number of aromatic nitrogens is 2. The standard InChI is InChI=1S/C25H25Cl3N6O2/c1-2-8-32-9-11-33(12-10-32)21-7-6-16(13-20(21)28)30-25-29-14-17-23(31-25)36-15-34(24(17)35)22-18(26)4-3-5-19(22)27/h3-7,13-14H,2,8-12,15H2,1H3,(H,29,30,31). The van der Waals surface area contributed by atoms with Crippen molar-refractivity contribution in [3.8, 4) is 5.88 Å². The number of amides is 1. The summed E-state index contributed by atoms with van der Waals surface area (Å²) in [7, 11) is 0. The average molecular weight is 548 g/mol. The van der Waals surface area contributed by atoms with Gasteiger partial charge in [-0.1, -0.05) is 47.8 Å². The molecule has 2 aromatic carbocycles. The van der Waals surface area contributed by atoms with Gasteiger partial charge in [0.1, 0.15) is 5.56 Å². The van der Waals surface area contributed by atoms with Gasteiger partial charge in [-0.15, -0.1) is 0 Å². The van der Waals surface area contributed by atoms with Crippen LogP contribution in [0.2, 0.25) is 15.1 Å². The Kier molecular flexibility index (Phi) is 7.39. The lowest BCUT2D eigenvalue weighted by molar-refractivity contribution is 0.0932. The second kappa shape index (κ2) is 10.7. The van der Waals surface area contributed by atoms with Crippen LogP contribution in [-0.4, -0.2) is 60.2 Å². The highest BCUT2D eigenvalue weighted by molar-refractivity contribution is 6.40.